The second-order valence-corrected chi connectivity index (χ2v) is 22.1. The molecule has 7 aromatic rings. The highest BCUT2D eigenvalue weighted by Crippen LogP contribution is 2.62. The van der Waals surface area contributed by atoms with Gasteiger partial charge in [0, 0.05) is 56.8 Å². The standard InChI is InChI=1S/C60H60BN3/c1-38-46-16-14-20-50-54(46)61-55-47(38)17-15-21-51(55)63(44-32-28-42(29-33-44)58(5,6)7)53-37-45(64-49-19-11-10-18-48(49)59(8)34-12-13-35-60(59,64)9)36-52(56(53)61)62(50)43-30-24-40(25-31-43)39-22-26-41(27-23-39)57(2,3)4/h10-11,14-33,36-38H,12-13,34-35H2,1-9H3. The van der Waals surface area contributed by atoms with Crippen molar-refractivity contribution in [2.75, 3.05) is 14.7 Å². The van der Waals surface area contributed by atoms with Crippen molar-refractivity contribution in [1.82, 2.24) is 0 Å². The third-order valence-corrected chi connectivity index (χ3v) is 16.6. The molecule has 1 fully saturated rings. The Morgan fingerprint density at radius 2 is 0.953 bits per heavy atom. The molecule has 4 aliphatic heterocycles. The van der Waals surface area contributed by atoms with Crippen LogP contribution in [0.4, 0.5) is 45.5 Å². The van der Waals surface area contributed by atoms with Crippen molar-refractivity contribution in [2.45, 2.75) is 116 Å². The molecule has 64 heavy (non-hydrogen) atoms. The minimum atomic E-state index is -0.0795. The molecule has 4 heterocycles. The van der Waals surface area contributed by atoms with Crippen LogP contribution < -0.4 is 31.1 Å². The molecule has 0 N–H and O–H groups in total. The van der Waals surface area contributed by atoms with Gasteiger partial charge in [0.15, 0.2) is 0 Å². The Morgan fingerprint density at radius 3 is 1.50 bits per heavy atom. The van der Waals surface area contributed by atoms with Crippen LogP contribution in [0.25, 0.3) is 11.1 Å². The minimum absolute atomic E-state index is 0.0422. The summed E-state index contributed by atoms with van der Waals surface area (Å²) in [6, 6.07) is 56.8. The Hall–Kier alpha value is -6.00. The lowest BCUT2D eigenvalue weighted by molar-refractivity contribution is 0.195. The lowest BCUT2D eigenvalue weighted by Crippen LogP contribution is -2.65. The fourth-order valence-electron chi connectivity index (χ4n) is 12.9. The summed E-state index contributed by atoms with van der Waals surface area (Å²) < 4.78 is 0. The molecule has 0 radical (unpaired) electrons. The van der Waals surface area contributed by atoms with Crippen LogP contribution in [0.15, 0.2) is 146 Å². The molecule has 1 aliphatic carbocycles. The smallest absolute Gasteiger partial charge is 0.252 e. The highest BCUT2D eigenvalue weighted by atomic mass is 15.3. The predicted octanol–water partition coefficient (Wildman–Crippen LogP) is 14.2. The van der Waals surface area contributed by atoms with Gasteiger partial charge < -0.3 is 14.7 Å². The molecule has 0 bridgehead atoms. The average molecular weight is 834 g/mol. The predicted molar refractivity (Wildman–Crippen MR) is 274 cm³/mol. The molecule has 3 atom stereocenters. The maximum absolute atomic E-state index is 2.78. The zero-order valence-electron chi connectivity index (χ0n) is 39.2. The van der Waals surface area contributed by atoms with E-state index in [0.717, 1.165) is 6.42 Å². The third kappa shape index (κ3) is 5.41. The van der Waals surface area contributed by atoms with E-state index in [4.69, 9.17) is 0 Å². The Kier molecular flexibility index (Phi) is 8.36. The quantitative estimate of drug-likeness (QED) is 0.164. The largest absolute Gasteiger partial charge is 0.334 e. The monoisotopic (exact) mass is 833 g/mol. The molecule has 5 aliphatic rings. The van der Waals surface area contributed by atoms with Gasteiger partial charge in [0.2, 0.25) is 0 Å². The van der Waals surface area contributed by atoms with E-state index in [9.17, 15) is 0 Å². The van der Waals surface area contributed by atoms with Crippen LogP contribution in [0.2, 0.25) is 0 Å². The van der Waals surface area contributed by atoms with Crippen LogP contribution >= 0.6 is 0 Å². The molecule has 0 saturated heterocycles. The number of benzene rings is 7. The summed E-state index contributed by atoms with van der Waals surface area (Å²) in [5, 5.41) is 0. The van der Waals surface area contributed by atoms with Crippen LogP contribution in [-0.2, 0) is 16.2 Å². The second-order valence-electron chi connectivity index (χ2n) is 22.1. The van der Waals surface area contributed by atoms with E-state index in [1.807, 2.05) is 0 Å². The van der Waals surface area contributed by atoms with Gasteiger partial charge in [-0.3, -0.25) is 0 Å². The maximum Gasteiger partial charge on any atom is 0.252 e. The topological polar surface area (TPSA) is 9.72 Å². The molecular weight excluding hydrogens is 773 g/mol. The maximum atomic E-state index is 2.78. The summed E-state index contributed by atoms with van der Waals surface area (Å²) >= 11 is 0. The van der Waals surface area contributed by atoms with E-state index in [-0.39, 0.29) is 34.4 Å². The van der Waals surface area contributed by atoms with Crippen molar-refractivity contribution in [2.24, 2.45) is 0 Å². The second kappa shape index (κ2) is 13.5. The highest BCUT2D eigenvalue weighted by Gasteiger charge is 2.58. The van der Waals surface area contributed by atoms with Gasteiger partial charge in [0.25, 0.3) is 6.71 Å². The lowest BCUT2D eigenvalue weighted by atomic mass is 9.29. The number of anilines is 8. The van der Waals surface area contributed by atoms with Crippen molar-refractivity contribution in [3.05, 3.63) is 173 Å². The van der Waals surface area contributed by atoms with Gasteiger partial charge in [-0.15, -0.1) is 0 Å². The third-order valence-electron chi connectivity index (χ3n) is 16.6. The van der Waals surface area contributed by atoms with Crippen LogP contribution in [-0.4, -0.2) is 12.3 Å². The molecule has 0 aromatic heterocycles. The van der Waals surface area contributed by atoms with Gasteiger partial charge in [0.05, 0.1) is 5.54 Å². The fourth-order valence-corrected chi connectivity index (χ4v) is 12.9. The first-order chi connectivity index (χ1) is 30.7. The first-order valence-electron chi connectivity index (χ1n) is 23.9. The number of fused-ring (bicyclic) bond motifs is 3. The Balaban J connectivity index is 1.13. The van der Waals surface area contributed by atoms with Crippen molar-refractivity contribution in [3.8, 4) is 11.1 Å². The zero-order valence-corrected chi connectivity index (χ0v) is 39.2. The summed E-state index contributed by atoms with van der Waals surface area (Å²) in [5.74, 6) is 0.263. The average Bonchev–Trinajstić information content (AvgIpc) is 3.50. The molecule has 3 unspecified atom stereocenters. The van der Waals surface area contributed by atoms with Crippen molar-refractivity contribution >= 4 is 68.6 Å². The normalized spacial score (nSPS) is 21.4. The number of para-hydroxylation sites is 1. The van der Waals surface area contributed by atoms with Crippen LogP contribution in [0.3, 0.4) is 0 Å². The van der Waals surface area contributed by atoms with Gasteiger partial charge in [-0.1, -0.05) is 159 Å². The number of nitrogens with zero attached hydrogens (tertiary/aromatic N) is 3. The summed E-state index contributed by atoms with van der Waals surface area (Å²) in [5.41, 5.74) is 24.2. The molecule has 4 heteroatoms. The molecule has 12 rings (SSSR count). The van der Waals surface area contributed by atoms with E-state index >= 15 is 0 Å². The summed E-state index contributed by atoms with van der Waals surface area (Å²) in [4.78, 5) is 8.03. The van der Waals surface area contributed by atoms with Gasteiger partial charge >= 0.3 is 0 Å². The van der Waals surface area contributed by atoms with E-state index in [1.165, 1.54) is 120 Å². The molecule has 0 spiro atoms. The number of hydrogen-bond acceptors (Lipinski definition) is 3. The molecule has 1 saturated carbocycles. The first-order valence-corrected chi connectivity index (χ1v) is 23.9. The lowest BCUT2D eigenvalue weighted by Gasteiger charge is -2.51. The molecule has 318 valence electrons. The van der Waals surface area contributed by atoms with E-state index < -0.39 is 0 Å². The summed E-state index contributed by atoms with van der Waals surface area (Å²) in [7, 11) is 0. The highest BCUT2D eigenvalue weighted by molar-refractivity contribution is 7.01. The van der Waals surface area contributed by atoms with Gasteiger partial charge in [-0.2, -0.15) is 0 Å². The van der Waals surface area contributed by atoms with Gasteiger partial charge in [-0.25, -0.2) is 0 Å². The van der Waals surface area contributed by atoms with E-state index in [2.05, 4.69) is 223 Å². The molecule has 0 amide bonds. The molecule has 3 nitrogen and oxygen atoms in total. The van der Waals surface area contributed by atoms with Crippen LogP contribution in [0, 0.1) is 0 Å². The van der Waals surface area contributed by atoms with Crippen LogP contribution in [0.1, 0.15) is 122 Å². The molecule has 7 aromatic carbocycles. The fraction of sp³-hybridized carbons (Fsp3) is 0.300. The summed E-state index contributed by atoms with van der Waals surface area (Å²) in [6.45, 7) is 21.5. The molecular formula is C60H60BN3. The van der Waals surface area contributed by atoms with Crippen molar-refractivity contribution in [1.29, 1.82) is 0 Å². The minimum Gasteiger partial charge on any atom is -0.334 e. The summed E-state index contributed by atoms with van der Waals surface area (Å²) in [6.07, 6.45) is 4.86. The first kappa shape index (κ1) is 39.6. The Bertz CT molecular complexity index is 3020. The van der Waals surface area contributed by atoms with E-state index in [1.54, 1.807) is 0 Å². The van der Waals surface area contributed by atoms with Crippen molar-refractivity contribution in [3.63, 3.8) is 0 Å². The van der Waals surface area contributed by atoms with Crippen LogP contribution in [0.5, 0.6) is 0 Å². The Morgan fingerprint density at radius 1 is 0.484 bits per heavy atom. The van der Waals surface area contributed by atoms with Gasteiger partial charge in [-0.05, 0) is 141 Å². The van der Waals surface area contributed by atoms with Crippen molar-refractivity contribution < 1.29 is 0 Å². The van der Waals surface area contributed by atoms with E-state index in [0.29, 0.717) is 0 Å². The number of rotatable bonds is 4. The number of hydrogen-bond donors (Lipinski definition) is 0. The zero-order chi connectivity index (χ0) is 44.1. The Labute approximate surface area is 381 Å². The van der Waals surface area contributed by atoms with Gasteiger partial charge in [0.1, 0.15) is 0 Å². The SMILES string of the molecule is CC1c2cccc3c2B2c4c1cccc4N(c1ccc(C(C)(C)C)cc1)c1cc(N4c5ccccc5C5(C)CCCCC45C)cc(c12)N3c1ccc(-c2ccc(C(C)(C)C)cc2)cc1.